The molecule has 1 aliphatic heterocycles. The Morgan fingerprint density at radius 3 is 2.03 bits per heavy atom. The molecule has 5 nitrogen and oxygen atoms in total. The van der Waals surface area contributed by atoms with Crippen molar-refractivity contribution in [2.75, 3.05) is 35.3 Å². The Hall–Kier alpha value is -3.60. The maximum Gasteiger partial charge on any atom is 0.255 e. The van der Waals surface area contributed by atoms with Gasteiger partial charge in [0, 0.05) is 25.5 Å². The second kappa shape index (κ2) is 8.74. The SMILES string of the molecule is Cc1ccc(N2C(=O)CN(c3c(C)cccc3C)C(=O)C2c2ccc(N(C)C)cc2)c(C)c1. The molecule has 1 fully saturated rings. The monoisotopic (exact) mass is 441 g/mol. The number of benzene rings is 3. The third-order valence-corrected chi connectivity index (χ3v) is 6.37. The highest BCUT2D eigenvalue weighted by Gasteiger charge is 2.43. The van der Waals surface area contributed by atoms with E-state index in [0.717, 1.165) is 44.9 Å². The molecule has 0 bridgehead atoms. The van der Waals surface area contributed by atoms with E-state index >= 15 is 0 Å². The van der Waals surface area contributed by atoms with E-state index in [1.54, 1.807) is 9.80 Å². The molecule has 4 rings (SSSR count). The molecule has 1 heterocycles. The summed E-state index contributed by atoms with van der Waals surface area (Å²) in [5.41, 5.74) is 7.51. The lowest BCUT2D eigenvalue weighted by Crippen LogP contribution is -2.56. The topological polar surface area (TPSA) is 43.9 Å². The van der Waals surface area contributed by atoms with Crippen molar-refractivity contribution in [3.05, 3.63) is 88.5 Å². The maximum absolute atomic E-state index is 14.1. The zero-order chi connectivity index (χ0) is 23.9. The molecular formula is C28H31N3O2. The number of para-hydroxylation sites is 1. The molecule has 2 amide bonds. The number of anilines is 3. The van der Waals surface area contributed by atoms with Crippen LogP contribution in [0.4, 0.5) is 17.1 Å². The predicted octanol–water partition coefficient (Wildman–Crippen LogP) is 5.11. The Bertz CT molecular complexity index is 1190. The summed E-state index contributed by atoms with van der Waals surface area (Å²) in [5, 5.41) is 0. The van der Waals surface area contributed by atoms with Gasteiger partial charge < -0.3 is 9.80 Å². The predicted molar refractivity (Wildman–Crippen MR) is 135 cm³/mol. The number of amides is 2. The van der Waals surface area contributed by atoms with Gasteiger partial charge in [-0.1, -0.05) is 48.0 Å². The number of piperazine rings is 1. The van der Waals surface area contributed by atoms with Crippen molar-refractivity contribution in [1.29, 1.82) is 0 Å². The number of nitrogens with zero attached hydrogens (tertiary/aromatic N) is 3. The largest absolute Gasteiger partial charge is 0.378 e. The van der Waals surface area contributed by atoms with Crippen molar-refractivity contribution >= 4 is 28.9 Å². The van der Waals surface area contributed by atoms with Crippen molar-refractivity contribution < 1.29 is 9.59 Å². The highest BCUT2D eigenvalue weighted by atomic mass is 16.2. The lowest BCUT2D eigenvalue weighted by Gasteiger charge is -2.42. The van der Waals surface area contributed by atoms with Crippen LogP contribution < -0.4 is 14.7 Å². The van der Waals surface area contributed by atoms with Crippen LogP contribution in [0.1, 0.15) is 33.9 Å². The van der Waals surface area contributed by atoms with Crippen molar-refractivity contribution in [2.24, 2.45) is 0 Å². The molecule has 1 saturated heterocycles. The molecule has 5 heteroatoms. The lowest BCUT2D eigenvalue weighted by atomic mass is 9.96. The van der Waals surface area contributed by atoms with Crippen LogP contribution in [-0.2, 0) is 9.59 Å². The molecule has 0 aliphatic carbocycles. The van der Waals surface area contributed by atoms with E-state index in [9.17, 15) is 9.59 Å². The summed E-state index contributed by atoms with van der Waals surface area (Å²) in [5.74, 6) is -0.185. The van der Waals surface area contributed by atoms with Gasteiger partial charge >= 0.3 is 0 Å². The number of rotatable bonds is 4. The first-order valence-corrected chi connectivity index (χ1v) is 11.2. The van der Waals surface area contributed by atoms with Crippen LogP contribution in [0.5, 0.6) is 0 Å². The number of hydrogen-bond donors (Lipinski definition) is 0. The van der Waals surface area contributed by atoms with Gasteiger partial charge in [0.1, 0.15) is 12.6 Å². The minimum absolute atomic E-state index is 0.0180. The zero-order valence-electron chi connectivity index (χ0n) is 20.2. The summed E-state index contributed by atoms with van der Waals surface area (Å²) in [7, 11) is 3.96. The fraction of sp³-hybridized carbons (Fsp3) is 0.286. The molecule has 0 aromatic heterocycles. The third kappa shape index (κ3) is 4.11. The summed E-state index contributed by atoms with van der Waals surface area (Å²) >= 11 is 0. The summed E-state index contributed by atoms with van der Waals surface area (Å²) in [6.45, 7) is 8.00. The van der Waals surface area contributed by atoms with Gasteiger partial charge in [0.15, 0.2) is 0 Å². The number of aryl methyl sites for hydroxylation is 4. The van der Waals surface area contributed by atoms with Crippen LogP contribution in [0.25, 0.3) is 0 Å². The highest BCUT2D eigenvalue weighted by molar-refractivity contribution is 6.15. The van der Waals surface area contributed by atoms with Crippen LogP contribution in [0, 0.1) is 27.7 Å². The van der Waals surface area contributed by atoms with Gasteiger partial charge in [0.2, 0.25) is 5.91 Å². The molecule has 3 aromatic rings. The van der Waals surface area contributed by atoms with Crippen molar-refractivity contribution in [3.63, 3.8) is 0 Å². The van der Waals surface area contributed by atoms with Crippen LogP contribution in [0.2, 0.25) is 0 Å². The molecule has 0 spiro atoms. The second-order valence-electron chi connectivity index (χ2n) is 9.11. The molecule has 1 atom stereocenters. The van der Waals surface area contributed by atoms with Crippen LogP contribution in [0.15, 0.2) is 60.7 Å². The molecule has 0 N–H and O–H groups in total. The van der Waals surface area contributed by atoms with Gasteiger partial charge in [0.25, 0.3) is 5.91 Å². The smallest absolute Gasteiger partial charge is 0.255 e. The number of carbonyl (C=O) groups excluding carboxylic acids is 2. The third-order valence-electron chi connectivity index (χ3n) is 6.37. The van der Waals surface area contributed by atoms with E-state index < -0.39 is 6.04 Å². The standard InChI is InChI=1S/C28H31N3O2/c1-18-10-15-24(21(4)16-18)31-25(32)17-30(26-19(2)8-7-9-20(26)3)28(33)27(31)22-11-13-23(14-12-22)29(5)6/h7-16,27H,17H2,1-6H3. The molecule has 3 aromatic carbocycles. The summed E-state index contributed by atoms with van der Waals surface area (Å²) in [6, 6.07) is 19.1. The quantitative estimate of drug-likeness (QED) is 0.565. The summed E-state index contributed by atoms with van der Waals surface area (Å²) in [6.07, 6.45) is 0. The normalized spacial score (nSPS) is 16.4. The fourth-order valence-electron chi connectivity index (χ4n) is 4.71. The second-order valence-corrected chi connectivity index (χ2v) is 9.11. The molecule has 33 heavy (non-hydrogen) atoms. The average Bonchev–Trinajstić information content (AvgIpc) is 2.76. The van der Waals surface area contributed by atoms with Gasteiger partial charge in [-0.15, -0.1) is 0 Å². The maximum atomic E-state index is 14.1. The minimum Gasteiger partial charge on any atom is -0.378 e. The summed E-state index contributed by atoms with van der Waals surface area (Å²) < 4.78 is 0. The van der Waals surface area contributed by atoms with Crippen molar-refractivity contribution in [2.45, 2.75) is 33.7 Å². The Labute approximate surface area is 196 Å². The van der Waals surface area contributed by atoms with Gasteiger partial charge in [-0.25, -0.2) is 0 Å². The minimum atomic E-state index is -0.733. The van der Waals surface area contributed by atoms with Crippen LogP contribution in [0.3, 0.4) is 0 Å². The molecule has 170 valence electrons. The Morgan fingerprint density at radius 2 is 1.45 bits per heavy atom. The van der Waals surface area contributed by atoms with Crippen LogP contribution in [-0.4, -0.2) is 32.5 Å². The van der Waals surface area contributed by atoms with Gasteiger partial charge in [0.05, 0.1) is 5.69 Å². The highest BCUT2D eigenvalue weighted by Crippen LogP contribution is 2.38. The number of hydrogen-bond acceptors (Lipinski definition) is 3. The first-order valence-electron chi connectivity index (χ1n) is 11.2. The van der Waals surface area contributed by atoms with Gasteiger partial charge in [-0.05, 0) is 68.1 Å². The zero-order valence-corrected chi connectivity index (χ0v) is 20.2. The van der Waals surface area contributed by atoms with E-state index in [4.69, 9.17) is 0 Å². The van der Waals surface area contributed by atoms with E-state index in [2.05, 4.69) is 6.07 Å². The van der Waals surface area contributed by atoms with E-state index in [1.807, 2.05) is 101 Å². The van der Waals surface area contributed by atoms with Crippen molar-refractivity contribution in [3.8, 4) is 0 Å². The first-order chi connectivity index (χ1) is 15.7. The van der Waals surface area contributed by atoms with Gasteiger partial charge in [-0.3, -0.25) is 14.5 Å². The fourth-order valence-corrected chi connectivity index (χ4v) is 4.71. The molecular weight excluding hydrogens is 410 g/mol. The first kappa shape index (κ1) is 22.6. The van der Waals surface area contributed by atoms with E-state index in [0.29, 0.717) is 0 Å². The Kier molecular flexibility index (Phi) is 5.98. The van der Waals surface area contributed by atoms with Crippen molar-refractivity contribution in [1.82, 2.24) is 0 Å². The Morgan fingerprint density at radius 1 is 0.818 bits per heavy atom. The summed E-state index contributed by atoms with van der Waals surface area (Å²) in [4.78, 5) is 33.1. The molecule has 1 unspecified atom stereocenters. The van der Waals surface area contributed by atoms with E-state index in [1.165, 1.54) is 0 Å². The van der Waals surface area contributed by atoms with Crippen LogP contribution >= 0.6 is 0 Å². The molecule has 0 radical (unpaired) electrons. The van der Waals surface area contributed by atoms with Gasteiger partial charge in [-0.2, -0.15) is 0 Å². The van der Waals surface area contributed by atoms with E-state index in [-0.39, 0.29) is 18.4 Å². The molecule has 1 aliphatic rings. The molecule has 0 saturated carbocycles. The number of carbonyl (C=O) groups is 2. The lowest BCUT2D eigenvalue weighted by molar-refractivity contribution is -0.128. The average molecular weight is 442 g/mol. The Balaban J connectivity index is 1.87.